The summed E-state index contributed by atoms with van der Waals surface area (Å²) >= 11 is 0. The predicted octanol–water partition coefficient (Wildman–Crippen LogP) is 2.80. The van der Waals surface area contributed by atoms with E-state index in [-0.39, 0.29) is 5.91 Å². The molecule has 2 aliphatic rings. The summed E-state index contributed by atoms with van der Waals surface area (Å²) < 4.78 is 5.30. The van der Waals surface area contributed by atoms with Gasteiger partial charge in [-0.05, 0) is 30.2 Å². The van der Waals surface area contributed by atoms with Gasteiger partial charge in [0.1, 0.15) is 0 Å². The third-order valence-electron chi connectivity index (χ3n) is 5.69. The van der Waals surface area contributed by atoms with E-state index in [2.05, 4.69) is 51.5 Å². The largest absolute Gasteiger partial charge is 0.434 e. The number of piperazine rings is 1. The number of hydrogen-bond donors (Lipinski definition) is 1. The van der Waals surface area contributed by atoms with Crippen LogP contribution >= 0.6 is 0 Å². The average Bonchev–Trinajstić information content (AvgIpc) is 3.02. The van der Waals surface area contributed by atoms with Crippen molar-refractivity contribution in [2.24, 2.45) is 0 Å². The highest BCUT2D eigenvalue weighted by Crippen LogP contribution is 2.30. The fourth-order valence-corrected chi connectivity index (χ4v) is 4.06. The van der Waals surface area contributed by atoms with Gasteiger partial charge in [0, 0.05) is 50.9 Å². The van der Waals surface area contributed by atoms with E-state index in [1.54, 1.807) is 0 Å². The van der Waals surface area contributed by atoms with Crippen LogP contribution in [0.5, 0.6) is 0 Å². The van der Waals surface area contributed by atoms with Crippen LogP contribution in [0.15, 0.2) is 60.2 Å². The number of esters is 1. The first-order valence-corrected chi connectivity index (χ1v) is 10.3. The molecule has 6 nitrogen and oxygen atoms in total. The number of cyclic esters (lactones) is 1. The van der Waals surface area contributed by atoms with Gasteiger partial charge >= 0.3 is 5.97 Å². The van der Waals surface area contributed by atoms with Crippen LogP contribution < -0.4 is 10.2 Å². The summed E-state index contributed by atoms with van der Waals surface area (Å²) in [7, 11) is 0. The van der Waals surface area contributed by atoms with Crippen molar-refractivity contribution in [2.75, 3.05) is 31.1 Å². The van der Waals surface area contributed by atoms with E-state index in [9.17, 15) is 9.59 Å². The van der Waals surface area contributed by atoms with E-state index in [1.165, 1.54) is 12.5 Å². The molecule has 2 aromatic carbocycles. The van der Waals surface area contributed by atoms with E-state index in [0.717, 1.165) is 49.5 Å². The molecule has 0 bridgehead atoms. The lowest BCUT2D eigenvalue weighted by Crippen LogP contribution is -2.45. The Kier molecular flexibility index (Phi) is 5.86. The number of rotatable bonds is 5. The van der Waals surface area contributed by atoms with Crippen molar-refractivity contribution in [3.8, 4) is 0 Å². The normalized spacial score (nSPS) is 19.7. The Morgan fingerprint density at radius 3 is 2.33 bits per heavy atom. The number of nitrogens with zero attached hydrogens (tertiary/aromatic N) is 2. The summed E-state index contributed by atoms with van der Waals surface area (Å²) in [6.07, 6.45) is -0.678. The number of amides is 1. The molecule has 0 aliphatic carbocycles. The summed E-state index contributed by atoms with van der Waals surface area (Å²) in [6.45, 7) is 8.20. The zero-order valence-electron chi connectivity index (χ0n) is 17.4. The summed E-state index contributed by atoms with van der Waals surface area (Å²) in [5.74, 6) is -0.622. The molecule has 2 heterocycles. The molecule has 0 aromatic heterocycles. The Hall–Kier alpha value is -3.12. The van der Waals surface area contributed by atoms with Gasteiger partial charge in [-0.15, -0.1) is 0 Å². The lowest BCUT2D eigenvalue weighted by Gasteiger charge is -2.36. The molecule has 1 amide bonds. The van der Waals surface area contributed by atoms with Crippen LogP contribution in [0.1, 0.15) is 25.0 Å². The van der Waals surface area contributed by atoms with Crippen molar-refractivity contribution >= 4 is 23.1 Å². The lowest BCUT2D eigenvalue weighted by molar-refractivity contribution is -0.140. The fourth-order valence-electron chi connectivity index (χ4n) is 4.06. The van der Waals surface area contributed by atoms with Gasteiger partial charge in [0.2, 0.25) is 5.91 Å². The molecule has 4 rings (SSSR count). The van der Waals surface area contributed by atoms with E-state index in [0.29, 0.717) is 5.57 Å². The SMILES string of the molecule is CC(=O)N[C@@H]1OC(=O)C(c2ccc(N3CCN(Cc4ccccc4)CC3)cc2)=C1C. The Morgan fingerprint density at radius 1 is 1.03 bits per heavy atom. The third kappa shape index (κ3) is 4.39. The van der Waals surface area contributed by atoms with E-state index >= 15 is 0 Å². The second kappa shape index (κ2) is 8.71. The van der Waals surface area contributed by atoms with Crippen molar-refractivity contribution in [3.63, 3.8) is 0 Å². The van der Waals surface area contributed by atoms with Crippen molar-refractivity contribution in [3.05, 3.63) is 71.3 Å². The van der Waals surface area contributed by atoms with Crippen molar-refractivity contribution in [1.82, 2.24) is 10.2 Å². The molecule has 1 fully saturated rings. The molecule has 156 valence electrons. The van der Waals surface area contributed by atoms with Crippen LogP contribution in [0.3, 0.4) is 0 Å². The Labute approximate surface area is 177 Å². The van der Waals surface area contributed by atoms with E-state index in [1.807, 2.05) is 25.1 Å². The van der Waals surface area contributed by atoms with Crippen molar-refractivity contribution in [1.29, 1.82) is 0 Å². The summed E-state index contributed by atoms with van der Waals surface area (Å²) in [5, 5.41) is 2.65. The second-order valence-electron chi connectivity index (χ2n) is 7.84. The molecule has 2 aromatic rings. The number of benzene rings is 2. The minimum absolute atomic E-state index is 0.227. The van der Waals surface area contributed by atoms with Gasteiger partial charge in [0.05, 0.1) is 5.57 Å². The number of carbonyl (C=O) groups excluding carboxylic acids is 2. The smallest absolute Gasteiger partial charge is 0.341 e. The highest BCUT2D eigenvalue weighted by atomic mass is 16.6. The quantitative estimate of drug-likeness (QED) is 0.775. The lowest BCUT2D eigenvalue weighted by atomic mass is 10.0. The Bertz CT molecular complexity index is 945. The molecule has 0 radical (unpaired) electrons. The molecule has 30 heavy (non-hydrogen) atoms. The molecule has 1 atom stereocenters. The molecular formula is C24H27N3O3. The van der Waals surface area contributed by atoms with Gasteiger partial charge in [0.15, 0.2) is 6.23 Å². The Morgan fingerprint density at radius 2 is 1.70 bits per heavy atom. The molecule has 0 saturated carbocycles. The van der Waals surface area contributed by atoms with Gasteiger partial charge < -0.3 is 15.0 Å². The van der Waals surface area contributed by atoms with Gasteiger partial charge in [0.25, 0.3) is 0 Å². The van der Waals surface area contributed by atoms with E-state index in [4.69, 9.17) is 4.74 Å². The van der Waals surface area contributed by atoms with Crippen LogP contribution in [-0.4, -0.2) is 49.2 Å². The molecule has 2 aliphatic heterocycles. The first kappa shape index (κ1) is 20.2. The fraction of sp³-hybridized carbons (Fsp3) is 0.333. The van der Waals surface area contributed by atoms with Crippen molar-refractivity contribution < 1.29 is 14.3 Å². The van der Waals surface area contributed by atoms with Crippen LogP contribution in [0.25, 0.3) is 5.57 Å². The Balaban J connectivity index is 1.39. The number of anilines is 1. The van der Waals surface area contributed by atoms with Gasteiger partial charge in [-0.25, -0.2) is 4.79 Å². The third-order valence-corrected chi connectivity index (χ3v) is 5.69. The summed E-state index contributed by atoms with van der Waals surface area (Å²) in [5.41, 5.74) is 4.59. The first-order valence-electron chi connectivity index (χ1n) is 10.3. The van der Waals surface area contributed by atoms with Gasteiger partial charge in [-0.1, -0.05) is 42.5 Å². The highest BCUT2D eigenvalue weighted by Gasteiger charge is 2.32. The number of carbonyl (C=O) groups is 2. The van der Waals surface area contributed by atoms with Gasteiger partial charge in [-0.3, -0.25) is 9.69 Å². The first-order chi connectivity index (χ1) is 14.5. The molecule has 0 unspecified atom stereocenters. The molecule has 1 N–H and O–H groups in total. The number of nitrogens with one attached hydrogen (secondary N) is 1. The van der Waals surface area contributed by atoms with Crippen LogP contribution in [0.4, 0.5) is 5.69 Å². The highest BCUT2D eigenvalue weighted by molar-refractivity contribution is 6.19. The van der Waals surface area contributed by atoms with Crippen LogP contribution in [0.2, 0.25) is 0 Å². The zero-order chi connectivity index (χ0) is 21.1. The molecule has 0 spiro atoms. The molecule has 1 saturated heterocycles. The van der Waals surface area contributed by atoms with Crippen LogP contribution in [0, 0.1) is 0 Å². The minimum Gasteiger partial charge on any atom is -0.434 e. The average molecular weight is 405 g/mol. The van der Waals surface area contributed by atoms with Crippen LogP contribution in [-0.2, 0) is 20.9 Å². The maximum Gasteiger partial charge on any atom is 0.341 e. The predicted molar refractivity (Wildman–Crippen MR) is 117 cm³/mol. The van der Waals surface area contributed by atoms with Gasteiger partial charge in [-0.2, -0.15) is 0 Å². The minimum atomic E-state index is -0.678. The zero-order valence-corrected chi connectivity index (χ0v) is 17.4. The standard InChI is InChI=1S/C24H27N3O3/c1-17-22(24(29)30-23(17)25-18(2)28)20-8-10-21(11-9-20)27-14-12-26(13-15-27)16-19-6-4-3-5-7-19/h3-11,23H,12-16H2,1-2H3,(H,25,28)/t23-/m1/s1. The number of ether oxygens (including phenoxy) is 1. The molecule has 6 heteroatoms. The number of hydrogen-bond acceptors (Lipinski definition) is 5. The van der Waals surface area contributed by atoms with Crippen molar-refractivity contribution in [2.45, 2.75) is 26.6 Å². The van der Waals surface area contributed by atoms with E-state index < -0.39 is 12.2 Å². The topological polar surface area (TPSA) is 61.9 Å². The maximum atomic E-state index is 12.3. The second-order valence-corrected chi connectivity index (χ2v) is 7.84. The summed E-state index contributed by atoms with van der Waals surface area (Å²) in [6, 6.07) is 18.6. The monoisotopic (exact) mass is 405 g/mol. The summed E-state index contributed by atoms with van der Waals surface area (Å²) in [4.78, 5) is 28.5. The molecular weight excluding hydrogens is 378 g/mol. The maximum absolute atomic E-state index is 12.3.